The lowest BCUT2D eigenvalue weighted by molar-refractivity contribution is 0.0674. The monoisotopic (exact) mass is 328 g/mol. The molecule has 3 heterocycles. The minimum Gasteiger partial charge on any atom is -0.464 e. The Bertz CT molecular complexity index is 948. The molecule has 0 fully saturated rings. The average Bonchev–Trinajstić information content (AvgIpc) is 3.11. The van der Waals surface area contributed by atoms with Gasteiger partial charge >= 0.3 is 0 Å². The molecule has 7 heteroatoms. The molecular weight excluding hydrogens is 308 g/mol. The van der Waals surface area contributed by atoms with Crippen LogP contribution in [0.15, 0.2) is 33.7 Å². The first kappa shape index (κ1) is 16.0. The highest BCUT2D eigenvalue weighted by atomic mass is 16.3. The Morgan fingerprint density at radius 2 is 2.17 bits per heavy atom. The van der Waals surface area contributed by atoms with Crippen molar-refractivity contribution < 1.29 is 9.21 Å². The van der Waals surface area contributed by atoms with E-state index >= 15 is 0 Å². The highest BCUT2D eigenvalue weighted by Crippen LogP contribution is 2.15. The van der Waals surface area contributed by atoms with Crippen LogP contribution >= 0.6 is 0 Å². The van der Waals surface area contributed by atoms with Crippen LogP contribution in [0.3, 0.4) is 0 Å². The Kier molecular flexibility index (Phi) is 4.01. The number of aromatic amines is 1. The number of rotatable bonds is 4. The van der Waals surface area contributed by atoms with Gasteiger partial charge in [0.15, 0.2) is 0 Å². The van der Waals surface area contributed by atoms with Crippen molar-refractivity contribution in [3.63, 3.8) is 0 Å². The fourth-order valence-electron chi connectivity index (χ4n) is 2.67. The van der Waals surface area contributed by atoms with Crippen LogP contribution in [0.4, 0.5) is 0 Å². The van der Waals surface area contributed by atoms with Crippen molar-refractivity contribution in [3.8, 4) is 0 Å². The van der Waals surface area contributed by atoms with Gasteiger partial charge in [0.1, 0.15) is 22.7 Å². The van der Waals surface area contributed by atoms with Gasteiger partial charge in [-0.3, -0.25) is 14.3 Å². The molecule has 0 aromatic carbocycles. The van der Waals surface area contributed by atoms with E-state index in [0.29, 0.717) is 23.3 Å². The normalized spacial score (nSPS) is 11.4. The molecule has 0 aliphatic heterocycles. The van der Waals surface area contributed by atoms with Gasteiger partial charge in [0.2, 0.25) is 5.43 Å². The van der Waals surface area contributed by atoms with Crippen molar-refractivity contribution >= 4 is 16.9 Å². The summed E-state index contributed by atoms with van der Waals surface area (Å²) in [5, 5.41) is 4.46. The molecule has 0 saturated carbocycles. The lowest BCUT2D eigenvalue weighted by Crippen LogP contribution is -2.38. The van der Waals surface area contributed by atoms with E-state index in [1.165, 1.54) is 12.4 Å². The van der Waals surface area contributed by atoms with E-state index < -0.39 is 0 Å². The zero-order valence-electron chi connectivity index (χ0n) is 14.2. The second kappa shape index (κ2) is 5.99. The molecule has 0 aliphatic rings. The third kappa shape index (κ3) is 2.73. The minimum atomic E-state index is -0.328. The van der Waals surface area contributed by atoms with Gasteiger partial charge in [0, 0.05) is 19.3 Å². The Hall–Kier alpha value is -2.83. The summed E-state index contributed by atoms with van der Waals surface area (Å²) in [4.78, 5) is 30.1. The van der Waals surface area contributed by atoms with Crippen LogP contribution in [0.2, 0.25) is 0 Å². The van der Waals surface area contributed by atoms with E-state index in [-0.39, 0.29) is 22.9 Å². The second-order valence-electron chi connectivity index (χ2n) is 6.10. The molecule has 3 rings (SSSR count). The molecule has 0 unspecified atom stereocenters. The molecule has 0 radical (unpaired) electrons. The summed E-state index contributed by atoms with van der Waals surface area (Å²) in [6, 6.07) is 3.62. The fourth-order valence-corrected chi connectivity index (χ4v) is 2.67. The summed E-state index contributed by atoms with van der Waals surface area (Å²) in [7, 11) is 1.74. The molecule has 24 heavy (non-hydrogen) atoms. The van der Waals surface area contributed by atoms with Crippen molar-refractivity contribution in [2.45, 2.75) is 33.4 Å². The van der Waals surface area contributed by atoms with Crippen molar-refractivity contribution in [1.82, 2.24) is 19.7 Å². The number of fused-ring (bicyclic) bond motifs is 1. The van der Waals surface area contributed by atoms with E-state index in [1.807, 2.05) is 32.9 Å². The maximum atomic E-state index is 12.9. The molecule has 0 bridgehead atoms. The van der Waals surface area contributed by atoms with Gasteiger partial charge in [-0.25, -0.2) is 0 Å². The number of carbonyl (C=O) groups is 1. The van der Waals surface area contributed by atoms with Gasteiger partial charge in [-0.15, -0.1) is 0 Å². The smallest absolute Gasteiger partial charge is 0.259 e. The number of aryl methyl sites for hydroxylation is 2. The summed E-state index contributed by atoms with van der Waals surface area (Å²) >= 11 is 0. The van der Waals surface area contributed by atoms with E-state index in [9.17, 15) is 9.59 Å². The number of hydrogen-bond acceptors (Lipinski definition) is 4. The van der Waals surface area contributed by atoms with Crippen LogP contribution in [-0.2, 0) is 13.6 Å². The van der Waals surface area contributed by atoms with E-state index in [1.54, 1.807) is 16.6 Å². The molecule has 0 spiro atoms. The highest BCUT2D eigenvalue weighted by Gasteiger charge is 2.24. The molecular formula is C17H20N4O3. The minimum absolute atomic E-state index is 0.0769. The van der Waals surface area contributed by atoms with Crippen LogP contribution < -0.4 is 5.43 Å². The quantitative estimate of drug-likeness (QED) is 0.796. The average molecular weight is 328 g/mol. The molecule has 0 atom stereocenters. The second-order valence-corrected chi connectivity index (χ2v) is 6.10. The van der Waals surface area contributed by atoms with Crippen LogP contribution in [0.1, 0.15) is 35.7 Å². The molecule has 0 aliphatic carbocycles. The number of furan rings is 1. The maximum Gasteiger partial charge on any atom is 0.259 e. The third-order valence-corrected chi connectivity index (χ3v) is 4.02. The lowest BCUT2D eigenvalue weighted by Gasteiger charge is -2.25. The lowest BCUT2D eigenvalue weighted by atomic mass is 10.1. The predicted molar refractivity (Wildman–Crippen MR) is 89.8 cm³/mol. The maximum absolute atomic E-state index is 12.9. The standard InChI is InChI=1S/C17H20N4O3/c1-10(2)21(9-12-6-5-11(3)24-12)17(23)14-7-18-16-13(15(14)22)8-19-20(16)4/h5-8,10H,9H2,1-4H3,(H,18,22). The number of pyridine rings is 1. The van der Waals surface area contributed by atoms with E-state index in [0.717, 1.165) is 5.76 Å². The molecule has 0 saturated heterocycles. The summed E-state index contributed by atoms with van der Waals surface area (Å²) in [5.41, 5.74) is 0.380. The first-order valence-corrected chi connectivity index (χ1v) is 7.78. The number of nitrogens with zero attached hydrogens (tertiary/aromatic N) is 3. The van der Waals surface area contributed by atoms with Crippen molar-refractivity contribution in [2.24, 2.45) is 7.05 Å². The summed E-state index contributed by atoms with van der Waals surface area (Å²) < 4.78 is 7.13. The third-order valence-electron chi connectivity index (χ3n) is 4.02. The van der Waals surface area contributed by atoms with Crippen LogP contribution in [-0.4, -0.2) is 31.6 Å². The van der Waals surface area contributed by atoms with Crippen molar-refractivity contribution in [3.05, 3.63) is 51.8 Å². The Labute approximate surface area is 138 Å². The van der Waals surface area contributed by atoms with Gasteiger partial charge in [-0.1, -0.05) is 0 Å². The topological polar surface area (TPSA) is 84.1 Å². The Morgan fingerprint density at radius 3 is 2.79 bits per heavy atom. The summed E-state index contributed by atoms with van der Waals surface area (Å²) in [6.07, 6.45) is 2.93. The largest absolute Gasteiger partial charge is 0.464 e. The van der Waals surface area contributed by atoms with Gasteiger partial charge in [0.25, 0.3) is 5.91 Å². The van der Waals surface area contributed by atoms with Gasteiger partial charge in [-0.05, 0) is 32.9 Å². The molecule has 1 N–H and O–H groups in total. The zero-order chi connectivity index (χ0) is 17.4. The number of H-pyrrole nitrogens is 1. The number of amides is 1. The first-order chi connectivity index (χ1) is 11.4. The molecule has 7 nitrogen and oxygen atoms in total. The fraction of sp³-hybridized carbons (Fsp3) is 0.353. The zero-order valence-corrected chi connectivity index (χ0v) is 14.2. The first-order valence-electron chi connectivity index (χ1n) is 7.78. The van der Waals surface area contributed by atoms with Gasteiger partial charge < -0.3 is 14.3 Å². The summed E-state index contributed by atoms with van der Waals surface area (Å²) in [5.74, 6) is 1.15. The highest BCUT2D eigenvalue weighted by molar-refractivity contribution is 5.96. The molecule has 126 valence electrons. The van der Waals surface area contributed by atoms with Crippen molar-refractivity contribution in [2.75, 3.05) is 0 Å². The summed E-state index contributed by atoms with van der Waals surface area (Å²) in [6.45, 7) is 5.98. The number of carbonyl (C=O) groups excluding carboxylic acids is 1. The van der Waals surface area contributed by atoms with Gasteiger partial charge in [-0.2, -0.15) is 5.10 Å². The van der Waals surface area contributed by atoms with Crippen molar-refractivity contribution in [1.29, 1.82) is 0 Å². The number of hydrogen-bond donors (Lipinski definition) is 1. The van der Waals surface area contributed by atoms with E-state index in [4.69, 9.17) is 4.42 Å². The number of nitrogens with one attached hydrogen (secondary N) is 1. The molecule has 3 aromatic rings. The van der Waals surface area contributed by atoms with Crippen LogP contribution in [0.25, 0.3) is 11.0 Å². The van der Waals surface area contributed by atoms with E-state index in [2.05, 4.69) is 10.1 Å². The Balaban J connectivity index is 1.98. The molecule has 3 aromatic heterocycles. The number of aromatic nitrogens is 3. The predicted octanol–water partition coefficient (Wildman–Crippen LogP) is 2.21. The van der Waals surface area contributed by atoms with Crippen LogP contribution in [0, 0.1) is 6.92 Å². The SMILES string of the molecule is Cc1ccc(CN(C(=O)c2c[nH]c3c(cnn3C)c2=O)C(C)C)o1. The van der Waals surface area contributed by atoms with Gasteiger partial charge in [0.05, 0.1) is 18.1 Å². The molecule has 1 amide bonds. The van der Waals surface area contributed by atoms with Crippen LogP contribution in [0.5, 0.6) is 0 Å². The Morgan fingerprint density at radius 1 is 1.42 bits per heavy atom.